The van der Waals surface area contributed by atoms with Gasteiger partial charge in [0.05, 0.1) is 17.0 Å². The number of fused-ring (bicyclic) bond motifs is 3. The molecule has 0 radical (unpaired) electrons. The Hall–Kier alpha value is -2.36. The van der Waals surface area contributed by atoms with Gasteiger partial charge in [0, 0.05) is 17.2 Å². The SMILES string of the molecule is C=CCn1c(SCc2ccc(C#N)cc2)nc2sc3c(c2c1=O)CCCCC3. The molecule has 0 atom stereocenters. The summed E-state index contributed by atoms with van der Waals surface area (Å²) < 4.78 is 1.75. The quantitative estimate of drug-likeness (QED) is 0.256. The van der Waals surface area contributed by atoms with Gasteiger partial charge in [-0.3, -0.25) is 9.36 Å². The molecule has 0 bridgehead atoms. The van der Waals surface area contributed by atoms with Gasteiger partial charge < -0.3 is 0 Å². The molecule has 142 valence electrons. The van der Waals surface area contributed by atoms with E-state index in [2.05, 4.69) is 12.6 Å². The van der Waals surface area contributed by atoms with Gasteiger partial charge >= 0.3 is 0 Å². The Labute approximate surface area is 172 Å². The number of aromatic nitrogens is 2. The van der Waals surface area contributed by atoms with Gasteiger partial charge in [-0.15, -0.1) is 17.9 Å². The number of thiophene rings is 1. The Morgan fingerprint density at radius 2 is 2.04 bits per heavy atom. The van der Waals surface area contributed by atoms with Crippen LogP contribution in [0, 0.1) is 11.3 Å². The zero-order valence-corrected chi connectivity index (χ0v) is 17.2. The highest BCUT2D eigenvalue weighted by atomic mass is 32.2. The van der Waals surface area contributed by atoms with E-state index in [1.54, 1.807) is 33.7 Å². The molecule has 0 saturated heterocycles. The fourth-order valence-electron chi connectivity index (χ4n) is 3.62. The predicted molar refractivity (Wildman–Crippen MR) is 116 cm³/mol. The van der Waals surface area contributed by atoms with Crippen molar-refractivity contribution < 1.29 is 0 Å². The Morgan fingerprint density at radius 3 is 2.79 bits per heavy atom. The van der Waals surface area contributed by atoms with Gasteiger partial charge in [0.25, 0.3) is 5.56 Å². The normalized spacial score (nSPS) is 13.7. The third-order valence-electron chi connectivity index (χ3n) is 5.05. The van der Waals surface area contributed by atoms with E-state index in [0.717, 1.165) is 40.2 Å². The zero-order chi connectivity index (χ0) is 19.5. The van der Waals surface area contributed by atoms with E-state index >= 15 is 0 Å². The second-order valence-corrected chi connectivity index (χ2v) is 8.97. The number of nitriles is 1. The lowest BCUT2D eigenvalue weighted by Crippen LogP contribution is -2.23. The van der Waals surface area contributed by atoms with Crippen LogP contribution in [0.15, 0.2) is 46.9 Å². The van der Waals surface area contributed by atoms with E-state index in [-0.39, 0.29) is 5.56 Å². The zero-order valence-electron chi connectivity index (χ0n) is 15.6. The molecule has 28 heavy (non-hydrogen) atoms. The largest absolute Gasteiger partial charge is 0.283 e. The molecule has 4 rings (SSSR count). The highest BCUT2D eigenvalue weighted by Crippen LogP contribution is 2.34. The maximum Gasteiger partial charge on any atom is 0.263 e. The molecule has 0 saturated carbocycles. The lowest BCUT2D eigenvalue weighted by Gasteiger charge is -2.11. The van der Waals surface area contributed by atoms with Gasteiger partial charge in [-0.1, -0.05) is 36.4 Å². The first-order valence-electron chi connectivity index (χ1n) is 9.49. The summed E-state index contributed by atoms with van der Waals surface area (Å²) in [7, 11) is 0. The van der Waals surface area contributed by atoms with Gasteiger partial charge in [-0.25, -0.2) is 4.98 Å². The van der Waals surface area contributed by atoms with Gasteiger partial charge in [0.15, 0.2) is 5.16 Å². The van der Waals surface area contributed by atoms with Crippen LogP contribution in [0.3, 0.4) is 0 Å². The van der Waals surface area contributed by atoms with Crippen molar-refractivity contribution in [1.29, 1.82) is 5.26 Å². The summed E-state index contributed by atoms with van der Waals surface area (Å²) in [4.78, 5) is 20.4. The van der Waals surface area contributed by atoms with Crippen molar-refractivity contribution in [3.8, 4) is 6.07 Å². The van der Waals surface area contributed by atoms with Gasteiger partial charge in [0.1, 0.15) is 4.83 Å². The van der Waals surface area contributed by atoms with Crippen molar-refractivity contribution in [1.82, 2.24) is 9.55 Å². The first-order valence-corrected chi connectivity index (χ1v) is 11.3. The van der Waals surface area contributed by atoms with E-state index in [9.17, 15) is 4.79 Å². The summed E-state index contributed by atoms with van der Waals surface area (Å²) in [5.74, 6) is 0.700. The molecule has 3 aromatic rings. The number of nitrogens with zero attached hydrogens (tertiary/aromatic N) is 3. The second kappa shape index (κ2) is 8.34. The molecule has 6 heteroatoms. The summed E-state index contributed by atoms with van der Waals surface area (Å²) in [5, 5.41) is 10.5. The van der Waals surface area contributed by atoms with Crippen LogP contribution >= 0.6 is 23.1 Å². The number of benzene rings is 1. The summed E-state index contributed by atoms with van der Waals surface area (Å²) in [6.45, 7) is 4.28. The predicted octanol–water partition coefficient (Wildman–Crippen LogP) is 5.08. The maximum atomic E-state index is 13.3. The van der Waals surface area contributed by atoms with E-state index in [0.29, 0.717) is 17.9 Å². The van der Waals surface area contributed by atoms with E-state index < -0.39 is 0 Å². The lowest BCUT2D eigenvalue weighted by molar-refractivity contribution is 0.671. The molecule has 2 aromatic heterocycles. The fraction of sp³-hybridized carbons (Fsp3) is 0.318. The highest BCUT2D eigenvalue weighted by molar-refractivity contribution is 7.98. The van der Waals surface area contributed by atoms with Crippen molar-refractivity contribution in [3.05, 3.63) is 68.8 Å². The van der Waals surface area contributed by atoms with Crippen LogP contribution in [0.4, 0.5) is 0 Å². The van der Waals surface area contributed by atoms with Crippen LogP contribution in [0.1, 0.15) is 40.8 Å². The third kappa shape index (κ3) is 3.65. The Balaban J connectivity index is 1.72. The topological polar surface area (TPSA) is 58.7 Å². The number of hydrogen-bond donors (Lipinski definition) is 0. The summed E-state index contributed by atoms with van der Waals surface area (Å²) >= 11 is 3.26. The first-order chi connectivity index (χ1) is 13.7. The molecule has 2 heterocycles. The standard InChI is InChI=1S/C22H21N3OS2/c1-2-12-25-21(26)19-17-6-4-3-5-7-18(17)28-20(19)24-22(25)27-14-16-10-8-15(13-23)9-11-16/h2,8-11H,1,3-7,12,14H2. The molecule has 1 aliphatic rings. The van der Waals surface area contributed by atoms with Crippen molar-refractivity contribution in [2.24, 2.45) is 0 Å². The van der Waals surface area contributed by atoms with Crippen molar-refractivity contribution in [3.63, 3.8) is 0 Å². The van der Waals surface area contributed by atoms with Crippen LogP contribution in [0.5, 0.6) is 0 Å². The van der Waals surface area contributed by atoms with E-state index in [1.165, 1.54) is 23.3 Å². The van der Waals surface area contributed by atoms with Crippen molar-refractivity contribution >= 4 is 33.3 Å². The summed E-state index contributed by atoms with van der Waals surface area (Å²) in [6, 6.07) is 9.68. The van der Waals surface area contributed by atoms with Crippen LogP contribution < -0.4 is 5.56 Å². The smallest absolute Gasteiger partial charge is 0.263 e. The molecule has 1 aliphatic carbocycles. The average molecular weight is 408 g/mol. The number of allylic oxidation sites excluding steroid dienone is 1. The van der Waals surface area contributed by atoms with Gasteiger partial charge in [0.2, 0.25) is 0 Å². The molecule has 0 spiro atoms. The minimum absolute atomic E-state index is 0.0617. The van der Waals surface area contributed by atoms with Crippen molar-refractivity contribution in [2.75, 3.05) is 0 Å². The number of hydrogen-bond acceptors (Lipinski definition) is 5. The minimum Gasteiger partial charge on any atom is -0.283 e. The Bertz CT molecular complexity index is 1120. The molecule has 1 aromatic carbocycles. The molecular weight excluding hydrogens is 386 g/mol. The van der Waals surface area contributed by atoms with Crippen LogP contribution in [0.25, 0.3) is 10.2 Å². The lowest BCUT2D eigenvalue weighted by atomic mass is 10.1. The van der Waals surface area contributed by atoms with E-state index in [4.69, 9.17) is 10.2 Å². The first kappa shape index (κ1) is 19.0. The van der Waals surface area contributed by atoms with Gasteiger partial charge in [-0.05, 0) is 48.9 Å². The average Bonchev–Trinajstić information content (AvgIpc) is 2.90. The summed E-state index contributed by atoms with van der Waals surface area (Å²) in [5.41, 5.74) is 3.05. The number of rotatable bonds is 5. The molecule has 0 aliphatic heterocycles. The fourth-order valence-corrected chi connectivity index (χ4v) is 5.89. The molecule has 0 unspecified atom stereocenters. The maximum absolute atomic E-state index is 13.3. The molecular formula is C22H21N3OS2. The summed E-state index contributed by atoms with van der Waals surface area (Å²) in [6.07, 6.45) is 7.38. The van der Waals surface area contributed by atoms with Gasteiger partial charge in [-0.2, -0.15) is 5.26 Å². The van der Waals surface area contributed by atoms with Crippen LogP contribution in [-0.4, -0.2) is 9.55 Å². The molecule has 0 amide bonds. The van der Waals surface area contributed by atoms with Crippen molar-refractivity contribution in [2.45, 2.75) is 49.6 Å². The molecule has 4 nitrogen and oxygen atoms in total. The monoisotopic (exact) mass is 407 g/mol. The Kier molecular flexibility index (Phi) is 5.65. The van der Waals surface area contributed by atoms with Crippen LogP contribution in [-0.2, 0) is 25.1 Å². The highest BCUT2D eigenvalue weighted by Gasteiger charge is 2.21. The second-order valence-electron chi connectivity index (χ2n) is 6.94. The minimum atomic E-state index is 0.0617. The molecule has 0 fully saturated rings. The molecule has 0 N–H and O–H groups in total. The van der Waals surface area contributed by atoms with E-state index in [1.807, 2.05) is 24.3 Å². The number of aryl methyl sites for hydroxylation is 2. The van der Waals surface area contributed by atoms with Crippen LogP contribution in [0.2, 0.25) is 0 Å². The third-order valence-corrected chi connectivity index (χ3v) is 7.29. The Morgan fingerprint density at radius 1 is 1.25 bits per heavy atom. The number of thioether (sulfide) groups is 1.